The number of phosphoric ester groups is 1. The number of nitrogens with one attached hydrogen (secondary N) is 1. The third kappa shape index (κ3) is 6.44. The van der Waals surface area contributed by atoms with Crippen LogP contribution in [0.25, 0.3) is 0 Å². The molecule has 0 spiro atoms. The summed E-state index contributed by atoms with van der Waals surface area (Å²) in [6, 6.07) is 0.783. The fourth-order valence-corrected chi connectivity index (χ4v) is 5.50. The highest BCUT2D eigenvalue weighted by Gasteiger charge is 2.58. The largest absolute Gasteiger partial charge is 0.490 e. The number of aromatic nitrogens is 2. The number of rotatable bonds is 9. The zero-order valence-electron chi connectivity index (χ0n) is 14.8. The topological polar surface area (TPSA) is 244 Å². The molecule has 1 aliphatic rings. The van der Waals surface area contributed by atoms with Gasteiger partial charge in [0.2, 0.25) is 0 Å². The van der Waals surface area contributed by atoms with Gasteiger partial charge < -0.3 is 29.4 Å². The first-order valence-electron chi connectivity index (χ1n) is 7.67. The van der Waals surface area contributed by atoms with Gasteiger partial charge in [-0.1, -0.05) is 0 Å². The normalized spacial score (nSPS) is 30.6. The molecule has 1 aliphatic heterocycles. The quantitative estimate of drug-likeness (QED) is 0.211. The maximum absolute atomic E-state index is 14.5. The van der Waals surface area contributed by atoms with Crippen molar-refractivity contribution in [1.29, 1.82) is 0 Å². The Bertz CT molecular complexity index is 1070. The third-order valence-corrected chi connectivity index (χ3v) is 7.49. The molecule has 6 N–H and O–H groups in total. The van der Waals surface area contributed by atoms with Crippen LogP contribution in [0.1, 0.15) is 6.23 Å². The molecule has 2 unspecified atom stereocenters. The fraction of sp³-hybridized carbons (Fsp3) is 0.600. The number of phosphoric acid groups is 3. The maximum atomic E-state index is 14.5. The molecular formula is C10H15F2N2O14P3. The second kappa shape index (κ2) is 9.02. The van der Waals surface area contributed by atoms with E-state index in [1.165, 1.54) is 0 Å². The van der Waals surface area contributed by atoms with Gasteiger partial charge in [-0.15, -0.1) is 0 Å². The summed E-state index contributed by atoms with van der Waals surface area (Å²) in [7, 11) is -17.3. The fourth-order valence-electron chi connectivity index (χ4n) is 2.42. The van der Waals surface area contributed by atoms with Crippen LogP contribution in [0, 0.1) is 0 Å². The average Bonchev–Trinajstić information content (AvgIpc) is 2.82. The molecule has 178 valence electrons. The average molecular weight is 518 g/mol. The molecule has 0 amide bonds. The highest BCUT2D eigenvalue weighted by Crippen LogP contribution is 2.66. The van der Waals surface area contributed by atoms with E-state index < -0.39 is 72.1 Å². The smallest absolute Gasteiger partial charge is 0.387 e. The molecule has 6 atom stereocenters. The predicted octanol–water partition coefficient (Wildman–Crippen LogP) is -1.18. The molecule has 0 aromatic carbocycles. The van der Waals surface area contributed by atoms with E-state index >= 15 is 0 Å². The number of aliphatic hydroxyl groups excluding tert-OH is 1. The molecule has 1 aromatic heterocycles. The summed E-state index contributed by atoms with van der Waals surface area (Å²) < 4.78 is 78.3. The molecule has 21 heteroatoms. The molecule has 16 nitrogen and oxygen atoms in total. The van der Waals surface area contributed by atoms with Gasteiger partial charge in [-0.25, -0.2) is 27.3 Å². The first kappa shape index (κ1) is 26.1. The molecule has 2 heterocycles. The van der Waals surface area contributed by atoms with Gasteiger partial charge in [0.25, 0.3) is 5.56 Å². The second-order valence-electron chi connectivity index (χ2n) is 5.98. The Morgan fingerprint density at radius 2 is 1.77 bits per heavy atom. The molecule has 31 heavy (non-hydrogen) atoms. The zero-order chi connectivity index (χ0) is 23.8. The van der Waals surface area contributed by atoms with Crippen molar-refractivity contribution in [2.75, 3.05) is 13.3 Å². The molecule has 0 saturated carbocycles. The molecular weight excluding hydrogens is 503 g/mol. The Morgan fingerprint density at radius 3 is 2.29 bits per heavy atom. The van der Waals surface area contributed by atoms with Crippen LogP contribution in [0.15, 0.2) is 21.9 Å². The summed E-state index contributed by atoms with van der Waals surface area (Å²) in [6.45, 7) is -3.29. The molecule has 2 rings (SSSR count). The van der Waals surface area contributed by atoms with Crippen LogP contribution in [0.2, 0.25) is 0 Å². The summed E-state index contributed by atoms with van der Waals surface area (Å²) in [5.41, 5.74) is -4.81. The molecule has 1 aromatic rings. The summed E-state index contributed by atoms with van der Waals surface area (Å²) in [4.78, 5) is 60.0. The van der Waals surface area contributed by atoms with Gasteiger partial charge in [-0.2, -0.15) is 8.62 Å². The predicted molar refractivity (Wildman–Crippen MR) is 90.9 cm³/mol. The van der Waals surface area contributed by atoms with Crippen molar-refractivity contribution in [3.8, 4) is 0 Å². The van der Waals surface area contributed by atoms with E-state index in [4.69, 9.17) is 19.4 Å². The Balaban J connectivity index is 2.21. The lowest BCUT2D eigenvalue weighted by Gasteiger charge is -2.29. The number of halogens is 2. The van der Waals surface area contributed by atoms with Crippen LogP contribution in [-0.4, -0.2) is 65.4 Å². The van der Waals surface area contributed by atoms with Crippen molar-refractivity contribution in [2.45, 2.75) is 24.1 Å². The van der Waals surface area contributed by atoms with Crippen LogP contribution < -0.4 is 11.2 Å². The number of nitrogens with zero attached hydrogens (tertiary/aromatic N) is 1. The first-order chi connectivity index (χ1) is 14.0. The standard InChI is InChI=1S/C10H15F2N2O14P3/c11-3-10(4-25-30(21,22)28-31(23,24)27-29(18,19)20)7(16)6(12)8(26-10)14-2-1-5(15)13-9(14)17/h1-2,6-8,16H,3-4H2,(H,21,22)(H,23,24)(H,13,15,17)(H2,18,19,20)/t6-,7-,8+,10+/m0/s1. The van der Waals surface area contributed by atoms with Gasteiger partial charge in [0.15, 0.2) is 18.0 Å². The second-order valence-corrected chi connectivity index (χ2v) is 10.4. The van der Waals surface area contributed by atoms with E-state index in [1.807, 2.05) is 0 Å². The Kier molecular flexibility index (Phi) is 7.60. The van der Waals surface area contributed by atoms with Crippen molar-refractivity contribution < 1.29 is 65.0 Å². The lowest BCUT2D eigenvalue weighted by Crippen LogP contribution is -2.48. The minimum Gasteiger partial charge on any atom is -0.387 e. The van der Waals surface area contributed by atoms with Gasteiger partial charge in [0, 0.05) is 12.3 Å². The number of aromatic amines is 1. The van der Waals surface area contributed by atoms with Crippen molar-refractivity contribution in [3.05, 3.63) is 33.1 Å². The van der Waals surface area contributed by atoms with E-state index in [1.54, 1.807) is 4.98 Å². The van der Waals surface area contributed by atoms with Crippen LogP contribution in [0.4, 0.5) is 8.78 Å². The summed E-state index contributed by atoms with van der Waals surface area (Å²) in [5, 5.41) is 10.0. The van der Waals surface area contributed by atoms with Gasteiger partial charge >= 0.3 is 29.2 Å². The molecule has 1 saturated heterocycles. The summed E-state index contributed by atoms with van der Waals surface area (Å²) in [6.07, 6.45) is -6.21. The lowest BCUT2D eigenvalue weighted by atomic mass is 9.98. The highest BCUT2D eigenvalue weighted by molar-refractivity contribution is 7.66. The summed E-state index contributed by atoms with van der Waals surface area (Å²) >= 11 is 0. The SMILES string of the molecule is O=c1ccn([C@@H]2O[C@](CF)(COP(=O)(O)OP(=O)(O)OP(=O)(O)O)[C@@H](O)[C@@H]2F)c(=O)[nH]1. The van der Waals surface area contributed by atoms with E-state index in [9.17, 15) is 42.1 Å². The van der Waals surface area contributed by atoms with E-state index in [2.05, 4.69) is 13.1 Å². The van der Waals surface area contributed by atoms with Gasteiger partial charge in [0.05, 0.1) is 6.61 Å². The van der Waals surface area contributed by atoms with Crippen LogP contribution in [0.3, 0.4) is 0 Å². The number of H-pyrrole nitrogens is 1. The van der Waals surface area contributed by atoms with Gasteiger partial charge in [0.1, 0.15) is 12.8 Å². The molecule has 0 aliphatic carbocycles. The zero-order valence-corrected chi connectivity index (χ0v) is 17.4. The van der Waals surface area contributed by atoms with E-state index in [-0.39, 0.29) is 0 Å². The Hall–Kier alpha value is -1.13. The first-order valence-corrected chi connectivity index (χ1v) is 12.2. The van der Waals surface area contributed by atoms with Crippen molar-refractivity contribution in [3.63, 3.8) is 0 Å². The van der Waals surface area contributed by atoms with Crippen molar-refractivity contribution in [2.24, 2.45) is 0 Å². The molecule has 1 fully saturated rings. The number of alkyl halides is 2. The van der Waals surface area contributed by atoms with Crippen molar-refractivity contribution >= 4 is 23.5 Å². The Labute approximate surface area is 169 Å². The van der Waals surface area contributed by atoms with Crippen LogP contribution in [-0.2, 0) is 31.6 Å². The lowest BCUT2D eigenvalue weighted by molar-refractivity contribution is -0.136. The van der Waals surface area contributed by atoms with Crippen LogP contribution in [0.5, 0.6) is 0 Å². The molecule has 0 bridgehead atoms. The molecule has 0 radical (unpaired) electrons. The number of hydrogen-bond acceptors (Lipinski definition) is 10. The minimum absolute atomic E-state index is 0.442. The minimum atomic E-state index is -5.88. The summed E-state index contributed by atoms with van der Waals surface area (Å²) in [5.74, 6) is 0. The maximum Gasteiger partial charge on any atom is 0.490 e. The van der Waals surface area contributed by atoms with Gasteiger partial charge in [-0.3, -0.25) is 18.9 Å². The number of hydrogen-bond donors (Lipinski definition) is 6. The monoisotopic (exact) mass is 518 g/mol. The van der Waals surface area contributed by atoms with E-state index in [0.29, 0.717) is 4.57 Å². The number of ether oxygens (including phenoxy) is 1. The van der Waals surface area contributed by atoms with Crippen molar-refractivity contribution in [1.82, 2.24) is 9.55 Å². The Morgan fingerprint density at radius 1 is 1.16 bits per heavy atom. The van der Waals surface area contributed by atoms with E-state index in [0.717, 1.165) is 12.3 Å². The third-order valence-electron chi connectivity index (χ3n) is 3.71. The number of aliphatic hydroxyl groups is 1. The van der Waals surface area contributed by atoms with Crippen LogP contribution >= 0.6 is 23.5 Å². The highest BCUT2D eigenvalue weighted by atomic mass is 31.3. The van der Waals surface area contributed by atoms with Gasteiger partial charge in [-0.05, 0) is 0 Å².